The first-order valence-electron chi connectivity index (χ1n) is 13.3. The van der Waals surface area contributed by atoms with Crippen LogP contribution in [0.4, 0.5) is 15.3 Å². The molecule has 12 nitrogen and oxygen atoms in total. The Hall–Kier alpha value is -3.22. The zero-order valence-electron chi connectivity index (χ0n) is 23.8. The Bertz CT molecular complexity index is 1140. The number of amides is 1. The minimum Gasteiger partial charge on any atom is -0.443 e. The molecule has 12 heteroatoms. The van der Waals surface area contributed by atoms with Crippen molar-refractivity contribution in [1.29, 1.82) is 0 Å². The number of hydrogen-bond acceptors (Lipinski definition) is 10. The van der Waals surface area contributed by atoms with Crippen molar-refractivity contribution in [3.05, 3.63) is 46.0 Å². The summed E-state index contributed by atoms with van der Waals surface area (Å²) in [6, 6.07) is 5.00. The summed E-state index contributed by atoms with van der Waals surface area (Å²) in [7, 11) is 1.61. The molecule has 1 spiro atoms. The lowest BCUT2D eigenvalue weighted by molar-refractivity contribution is -0.384. The van der Waals surface area contributed by atoms with Gasteiger partial charge < -0.3 is 33.7 Å². The van der Waals surface area contributed by atoms with E-state index < -0.39 is 40.5 Å². The average Bonchev–Trinajstić information content (AvgIpc) is 3.79. The fourth-order valence-electron chi connectivity index (χ4n) is 5.55. The molecule has 3 fully saturated rings. The number of carbonyl (C=O) groups is 2. The summed E-state index contributed by atoms with van der Waals surface area (Å²) in [5.74, 6) is -0.00951. The Labute approximate surface area is 233 Å². The molecule has 0 aromatic heterocycles. The molecule has 2 aliphatic heterocycles. The zero-order chi connectivity index (χ0) is 29.3. The van der Waals surface area contributed by atoms with E-state index >= 15 is 0 Å². The van der Waals surface area contributed by atoms with Crippen molar-refractivity contribution < 1.29 is 42.9 Å². The Morgan fingerprint density at radius 1 is 1.25 bits per heavy atom. The van der Waals surface area contributed by atoms with Gasteiger partial charge in [0.2, 0.25) is 0 Å². The van der Waals surface area contributed by atoms with Crippen LogP contribution in [-0.4, -0.2) is 72.5 Å². The number of nitrogens with zero attached hydrogens (tertiary/aromatic N) is 1. The second kappa shape index (κ2) is 11.3. The molecule has 1 aromatic rings. The molecular weight excluding hydrogens is 524 g/mol. The van der Waals surface area contributed by atoms with Crippen LogP contribution in [-0.2, 0) is 23.7 Å². The molecule has 1 N–H and O–H groups in total. The zero-order valence-corrected chi connectivity index (χ0v) is 23.8. The summed E-state index contributed by atoms with van der Waals surface area (Å²) in [6.45, 7) is 9.96. The van der Waals surface area contributed by atoms with Crippen LogP contribution in [0.15, 0.2) is 35.9 Å². The second-order valence-corrected chi connectivity index (χ2v) is 11.7. The van der Waals surface area contributed by atoms with E-state index in [1.54, 1.807) is 21.0 Å². The molecule has 40 heavy (non-hydrogen) atoms. The standard InChI is InChI=1S/C28H38N2O10/c1-17(2)7-12-21-27(5,40-21)23-22(35-6)20(13-14-28(23)16-37-28)39-24(31)29-26(3,4)15-36-25(32)38-19-10-8-18(9-11-19)30(33)34/h7-11,20-23H,12-16H2,1-6H3,(H,29,31)/t20?,21-,22?,23?,27+,28+/m1/s1. The van der Waals surface area contributed by atoms with Gasteiger partial charge in [0.1, 0.15) is 35.8 Å². The van der Waals surface area contributed by atoms with Gasteiger partial charge in [0.05, 0.1) is 29.1 Å². The molecule has 2 saturated heterocycles. The molecule has 220 valence electrons. The van der Waals surface area contributed by atoms with E-state index in [9.17, 15) is 19.7 Å². The molecule has 2 heterocycles. The number of ether oxygens (including phenoxy) is 6. The average molecular weight is 563 g/mol. The number of rotatable bonds is 10. The number of hydrogen-bond donors (Lipinski definition) is 1. The highest BCUT2D eigenvalue weighted by Gasteiger charge is 2.72. The normalized spacial score (nSPS) is 30.6. The summed E-state index contributed by atoms with van der Waals surface area (Å²) in [6.07, 6.45) is 1.70. The smallest absolute Gasteiger partial charge is 0.443 e. The lowest BCUT2D eigenvalue weighted by Gasteiger charge is -2.42. The van der Waals surface area contributed by atoms with Gasteiger partial charge in [-0.15, -0.1) is 0 Å². The predicted molar refractivity (Wildman–Crippen MR) is 142 cm³/mol. The van der Waals surface area contributed by atoms with Crippen molar-refractivity contribution >= 4 is 17.9 Å². The third-order valence-electron chi connectivity index (χ3n) is 7.74. The van der Waals surface area contributed by atoms with Gasteiger partial charge in [-0.05, 0) is 66.0 Å². The maximum absolute atomic E-state index is 12.9. The first-order chi connectivity index (χ1) is 18.8. The number of methoxy groups -OCH3 is 1. The summed E-state index contributed by atoms with van der Waals surface area (Å²) in [5, 5.41) is 13.5. The van der Waals surface area contributed by atoms with Crippen LogP contribution in [0.5, 0.6) is 5.75 Å². The number of carbonyl (C=O) groups excluding carboxylic acids is 2. The first kappa shape index (κ1) is 29.8. The van der Waals surface area contributed by atoms with Crippen LogP contribution in [0.3, 0.4) is 0 Å². The largest absolute Gasteiger partial charge is 0.513 e. The SMILES string of the molecule is COC1C(OC(=O)NC(C)(C)COC(=O)Oc2ccc([N+](=O)[O-])cc2)CC[C@]2(CO2)C1[C@@]1(C)O[C@@H]1CC=C(C)C. The van der Waals surface area contributed by atoms with Gasteiger partial charge in [-0.1, -0.05) is 11.6 Å². The fraction of sp³-hybridized carbons (Fsp3) is 0.643. The summed E-state index contributed by atoms with van der Waals surface area (Å²) in [5.41, 5.74) is -0.663. The van der Waals surface area contributed by atoms with Crippen LogP contribution in [0, 0.1) is 16.0 Å². The minimum absolute atomic E-state index is 0.0422. The lowest BCUT2D eigenvalue weighted by atomic mass is 9.68. The quantitative estimate of drug-likeness (QED) is 0.106. The number of alkyl carbamates (subject to hydrolysis) is 1. The van der Waals surface area contributed by atoms with E-state index in [0.29, 0.717) is 13.0 Å². The number of epoxide rings is 2. The van der Waals surface area contributed by atoms with Crippen molar-refractivity contribution in [2.24, 2.45) is 5.92 Å². The number of nitro groups is 1. The third kappa shape index (κ3) is 6.73. The topological polar surface area (TPSA) is 151 Å². The van der Waals surface area contributed by atoms with Crippen LogP contribution < -0.4 is 10.1 Å². The van der Waals surface area contributed by atoms with Crippen molar-refractivity contribution in [3.63, 3.8) is 0 Å². The van der Waals surface area contributed by atoms with Gasteiger partial charge in [-0.3, -0.25) is 10.1 Å². The predicted octanol–water partition coefficient (Wildman–Crippen LogP) is 4.69. The Balaban J connectivity index is 1.30. The van der Waals surface area contributed by atoms with E-state index in [4.69, 9.17) is 28.4 Å². The second-order valence-electron chi connectivity index (χ2n) is 11.7. The highest BCUT2D eigenvalue weighted by Crippen LogP contribution is 2.59. The molecule has 3 unspecified atom stereocenters. The van der Waals surface area contributed by atoms with Crippen LogP contribution in [0.2, 0.25) is 0 Å². The van der Waals surface area contributed by atoms with Crippen LogP contribution >= 0.6 is 0 Å². The molecule has 0 radical (unpaired) electrons. The number of benzene rings is 1. The molecule has 4 rings (SSSR count). The highest BCUT2D eigenvalue weighted by molar-refractivity contribution is 5.69. The first-order valence-corrected chi connectivity index (χ1v) is 13.3. The molecule has 6 atom stereocenters. The Morgan fingerprint density at radius 2 is 1.93 bits per heavy atom. The van der Waals surface area contributed by atoms with Gasteiger partial charge in [-0.2, -0.15) is 0 Å². The van der Waals surface area contributed by atoms with Gasteiger partial charge in [-0.25, -0.2) is 9.59 Å². The van der Waals surface area contributed by atoms with Crippen molar-refractivity contribution in [1.82, 2.24) is 5.32 Å². The maximum atomic E-state index is 12.9. The molecule has 1 saturated carbocycles. The minimum atomic E-state index is -1.01. The van der Waals surface area contributed by atoms with Crippen LogP contribution in [0.25, 0.3) is 0 Å². The van der Waals surface area contributed by atoms with E-state index in [2.05, 4.69) is 32.2 Å². The van der Waals surface area contributed by atoms with Gasteiger partial charge in [0, 0.05) is 19.2 Å². The number of non-ortho nitro benzene ring substituents is 1. The van der Waals surface area contributed by atoms with Gasteiger partial charge in [0.25, 0.3) is 5.69 Å². The number of allylic oxidation sites excluding steroid dienone is 1. The Morgan fingerprint density at radius 3 is 2.50 bits per heavy atom. The van der Waals surface area contributed by atoms with Crippen molar-refractivity contribution in [2.45, 2.75) is 88.9 Å². The fourth-order valence-corrected chi connectivity index (χ4v) is 5.55. The molecule has 0 bridgehead atoms. The summed E-state index contributed by atoms with van der Waals surface area (Å²) >= 11 is 0. The Kier molecular flexibility index (Phi) is 8.44. The molecular formula is C28H38N2O10. The van der Waals surface area contributed by atoms with E-state index in [-0.39, 0.29) is 35.7 Å². The molecule has 3 aliphatic rings. The molecule has 1 aromatic carbocycles. The van der Waals surface area contributed by atoms with E-state index in [0.717, 1.165) is 12.8 Å². The van der Waals surface area contributed by atoms with Gasteiger partial charge >= 0.3 is 12.2 Å². The number of nitrogens with one attached hydrogen (secondary N) is 1. The third-order valence-corrected chi connectivity index (χ3v) is 7.74. The van der Waals surface area contributed by atoms with E-state index in [1.165, 1.54) is 29.8 Å². The molecule has 1 amide bonds. The van der Waals surface area contributed by atoms with Gasteiger partial charge in [0.15, 0.2) is 0 Å². The summed E-state index contributed by atoms with van der Waals surface area (Å²) < 4.78 is 34.1. The number of nitro benzene ring substituents is 1. The lowest BCUT2D eigenvalue weighted by Crippen LogP contribution is -2.57. The maximum Gasteiger partial charge on any atom is 0.513 e. The van der Waals surface area contributed by atoms with E-state index in [1.807, 2.05) is 0 Å². The summed E-state index contributed by atoms with van der Waals surface area (Å²) in [4.78, 5) is 35.2. The van der Waals surface area contributed by atoms with Crippen molar-refractivity contribution in [3.8, 4) is 5.75 Å². The highest BCUT2D eigenvalue weighted by atomic mass is 16.7. The van der Waals surface area contributed by atoms with Crippen LogP contribution in [0.1, 0.15) is 53.9 Å². The monoisotopic (exact) mass is 562 g/mol. The van der Waals surface area contributed by atoms with Crippen molar-refractivity contribution in [2.75, 3.05) is 20.3 Å². The molecule has 1 aliphatic carbocycles.